The second-order valence-electron chi connectivity index (χ2n) is 11.8. The molecule has 2 heterocycles. The summed E-state index contributed by atoms with van der Waals surface area (Å²) in [6.07, 6.45) is -4.05. The Labute approximate surface area is 215 Å². The summed E-state index contributed by atoms with van der Waals surface area (Å²) in [7, 11) is 1.12. The molecule has 3 aliphatic carbocycles. The monoisotopic (exact) mass is 518 g/mol. The molecule has 5 rings (SSSR count). The van der Waals surface area contributed by atoms with E-state index in [1.165, 1.54) is 6.08 Å². The molecule has 202 valence electrons. The maximum atomic E-state index is 13.4. The van der Waals surface area contributed by atoms with Gasteiger partial charge in [-0.15, -0.1) is 0 Å². The SMILES string of the molecule is COC(=O)[C@@]12OC[C@]34[C@H]([C@@H](O)[C@@H]1O)[C@@]1(C)CC(=O)C(C)=C(C)[C@@H]1C[C@H]3OC(=O)[C@H](OC(=O)C=C(C)C)[C@@H]24. The van der Waals surface area contributed by atoms with Crippen LogP contribution >= 0.6 is 0 Å². The third-order valence-corrected chi connectivity index (χ3v) is 9.86. The first-order chi connectivity index (χ1) is 17.3. The number of allylic oxidation sites excluding steroid dienone is 3. The highest BCUT2D eigenvalue weighted by Crippen LogP contribution is 2.72. The molecule has 2 saturated heterocycles. The number of ether oxygens (including phenoxy) is 4. The number of esters is 3. The van der Waals surface area contributed by atoms with Crippen LogP contribution in [0.4, 0.5) is 0 Å². The number of rotatable bonds is 3. The third-order valence-electron chi connectivity index (χ3n) is 9.86. The van der Waals surface area contributed by atoms with Gasteiger partial charge in [-0.05, 0) is 51.0 Å². The molecule has 10 atom stereocenters. The highest BCUT2D eigenvalue weighted by atomic mass is 16.6. The van der Waals surface area contributed by atoms with E-state index in [0.29, 0.717) is 17.6 Å². The van der Waals surface area contributed by atoms with Gasteiger partial charge in [0.1, 0.15) is 12.2 Å². The fourth-order valence-electron chi connectivity index (χ4n) is 8.40. The van der Waals surface area contributed by atoms with Gasteiger partial charge in [0.05, 0.1) is 25.7 Å². The minimum atomic E-state index is -2.17. The van der Waals surface area contributed by atoms with Crippen LogP contribution in [0.15, 0.2) is 22.8 Å². The second-order valence-corrected chi connectivity index (χ2v) is 11.8. The zero-order valence-corrected chi connectivity index (χ0v) is 21.9. The van der Waals surface area contributed by atoms with Crippen LogP contribution in [0.5, 0.6) is 0 Å². The molecule has 0 radical (unpaired) electrons. The first kappa shape index (κ1) is 26.1. The second kappa shape index (κ2) is 8.22. The van der Waals surface area contributed by atoms with E-state index < -0.39 is 70.6 Å². The summed E-state index contributed by atoms with van der Waals surface area (Å²) in [4.78, 5) is 52.5. The first-order valence-corrected chi connectivity index (χ1v) is 12.6. The Balaban J connectivity index is 1.74. The van der Waals surface area contributed by atoms with Gasteiger partial charge in [-0.1, -0.05) is 18.1 Å². The van der Waals surface area contributed by atoms with Crippen LogP contribution in [-0.4, -0.2) is 77.6 Å². The Morgan fingerprint density at radius 3 is 2.43 bits per heavy atom. The van der Waals surface area contributed by atoms with Gasteiger partial charge in [0, 0.05) is 23.8 Å². The van der Waals surface area contributed by atoms with Crippen molar-refractivity contribution in [2.75, 3.05) is 13.7 Å². The van der Waals surface area contributed by atoms with Crippen LogP contribution in [0.3, 0.4) is 0 Å². The predicted molar refractivity (Wildman–Crippen MR) is 126 cm³/mol. The Kier molecular flexibility index (Phi) is 5.79. The van der Waals surface area contributed by atoms with Crippen molar-refractivity contribution < 1.29 is 48.3 Å². The molecule has 0 aromatic rings. The highest BCUT2D eigenvalue weighted by Gasteiger charge is 2.85. The van der Waals surface area contributed by atoms with Crippen molar-refractivity contribution in [3.63, 3.8) is 0 Å². The molecular weight excluding hydrogens is 484 g/mol. The van der Waals surface area contributed by atoms with Gasteiger partial charge in [-0.2, -0.15) is 0 Å². The average Bonchev–Trinajstić information content (AvgIpc) is 3.12. The van der Waals surface area contributed by atoms with Crippen molar-refractivity contribution >= 4 is 23.7 Å². The molecule has 0 amide bonds. The summed E-state index contributed by atoms with van der Waals surface area (Å²) in [5, 5.41) is 23.2. The molecule has 0 aromatic heterocycles. The molecule has 10 nitrogen and oxygen atoms in total. The lowest BCUT2D eigenvalue weighted by Gasteiger charge is -2.67. The van der Waals surface area contributed by atoms with Gasteiger partial charge in [-0.25, -0.2) is 14.4 Å². The standard InChI is InChI=1S/C27H34O10/c1-11(2)7-17(29)37-19-21-26-10-35-27(21,24(33)34-6)22(31)18(30)20(26)25(5)9-15(28)13(4)12(3)14(25)8-16(26)36-23(19)32/h7,14,16,18-22,30-31H,8-10H2,1-6H3/t14-,16+,18+,19+,20+,21+,22-,25-,26+,27-/m0/s1. The number of methoxy groups -OCH3 is 1. The number of carbonyl (C=O) groups excluding carboxylic acids is 4. The van der Waals surface area contributed by atoms with Crippen LogP contribution < -0.4 is 0 Å². The smallest absolute Gasteiger partial charge is 0.348 e. The van der Waals surface area contributed by atoms with E-state index in [9.17, 15) is 29.4 Å². The molecular formula is C27H34O10. The van der Waals surface area contributed by atoms with Crippen molar-refractivity contribution in [1.82, 2.24) is 0 Å². The lowest BCUT2D eigenvalue weighted by Crippen LogP contribution is -2.79. The maximum Gasteiger partial charge on any atom is 0.348 e. The fourth-order valence-corrected chi connectivity index (χ4v) is 8.40. The number of ketones is 1. The highest BCUT2D eigenvalue weighted by molar-refractivity contribution is 5.97. The van der Waals surface area contributed by atoms with Crippen molar-refractivity contribution in [3.8, 4) is 0 Å². The van der Waals surface area contributed by atoms with E-state index in [1.807, 2.05) is 13.8 Å². The normalized spacial score (nSPS) is 45.9. The van der Waals surface area contributed by atoms with Crippen molar-refractivity contribution in [1.29, 1.82) is 0 Å². The average molecular weight is 519 g/mol. The van der Waals surface area contributed by atoms with E-state index >= 15 is 0 Å². The van der Waals surface area contributed by atoms with Gasteiger partial charge in [-0.3, -0.25) is 4.79 Å². The zero-order chi connectivity index (χ0) is 27.2. The number of hydrogen-bond acceptors (Lipinski definition) is 10. The van der Waals surface area contributed by atoms with Crippen LogP contribution in [0.2, 0.25) is 0 Å². The molecule has 1 spiro atoms. The van der Waals surface area contributed by atoms with E-state index in [2.05, 4.69) is 0 Å². The lowest BCUT2D eigenvalue weighted by molar-refractivity contribution is -0.290. The Hall–Kier alpha value is -2.56. The van der Waals surface area contributed by atoms with Crippen LogP contribution in [0.1, 0.15) is 47.5 Å². The number of fused-ring (bicyclic) bond motifs is 2. The number of aliphatic hydroxyl groups excluding tert-OH is 2. The Morgan fingerprint density at radius 2 is 1.81 bits per heavy atom. The fraction of sp³-hybridized carbons (Fsp3) is 0.704. The topological polar surface area (TPSA) is 146 Å². The molecule has 37 heavy (non-hydrogen) atoms. The molecule has 0 aromatic carbocycles. The summed E-state index contributed by atoms with van der Waals surface area (Å²) in [6, 6.07) is 0. The van der Waals surface area contributed by atoms with Gasteiger partial charge >= 0.3 is 17.9 Å². The molecule has 2 bridgehead atoms. The number of aliphatic hydroxyl groups is 2. The lowest BCUT2D eigenvalue weighted by atomic mass is 9.38. The van der Waals surface area contributed by atoms with Crippen LogP contribution in [0, 0.1) is 28.6 Å². The van der Waals surface area contributed by atoms with Gasteiger partial charge < -0.3 is 29.2 Å². The first-order valence-electron chi connectivity index (χ1n) is 12.6. The molecule has 4 fully saturated rings. The summed E-state index contributed by atoms with van der Waals surface area (Å²) in [6.45, 7) is 8.76. The van der Waals surface area contributed by atoms with E-state index in [4.69, 9.17) is 18.9 Å². The summed E-state index contributed by atoms with van der Waals surface area (Å²) < 4.78 is 22.7. The van der Waals surface area contributed by atoms with Gasteiger partial charge in [0.2, 0.25) is 11.7 Å². The number of hydrogen-bond donors (Lipinski definition) is 2. The van der Waals surface area contributed by atoms with E-state index in [-0.39, 0.29) is 24.7 Å². The summed E-state index contributed by atoms with van der Waals surface area (Å²) in [5.41, 5.74) is -2.10. The predicted octanol–water partition coefficient (Wildman–Crippen LogP) is 1.02. The molecule has 2 aliphatic heterocycles. The summed E-state index contributed by atoms with van der Waals surface area (Å²) >= 11 is 0. The Morgan fingerprint density at radius 1 is 1.14 bits per heavy atom. The molecule has 2 saturated carbocycles. The van der Waals surface area contributed by atoms with Gasteiger partial charge in [0.15, 0.2) is 5.78 Å². The molecule has 10 heteroatoms. The van der Waals surface area contributed by atoms with E-state index in [1.54, 1.807) is 20.8 Å². The van der Waals surface area contributed by atoms with Crippen LogP contribution in [-0.2, 0) is 38.1 Å². The minimum Gasteiger partial charge on any atom is -0.467 e. The van der Waals surface area contributed by atoms with Crippen LogP contribution in [0.25, 0.3) is 0 Å². The van der Waals surface area contributed by atoms with Crippen molar-refractivity contribution in [2.24, 2.45) is 28.6 Å². The maximum absolute atomic E-state index is 13.4. The van der Waals surface area contributed by atoms with Crippen molar-refractivity contribution in [3.05, 3.63) is 22.8 Å². The third kappa shape index (κ3) is 3.09. The number of carbonyl (C=O) groups is 4. The molecule has 2 N–H and O–H groups in total. The Bertz CT molecular complexity index is 1150. The molecule has 0 unspecified atom stereocenters. The van der Waals surface area contributed by atoms with E-state index in [0.717, 1.165) is 12.7 Å². The zero-order valence-electron chi connectivity index (χ0n) is 21.9. The molecule has 5 aliphatic rings. The largest absolute Gasteiger partial charge is 0.467 e. The quantitative estimate of drug-likeness (QED) is 0.315. The summed E-state index contributed by atoms with van der Waals surface area (Å²) in [5.74, 6) is -4.93. The minimum absolute atomic E-state index is 0.0626. The van der Waals surface area contributed by atoms with Gasteiger partial charge in [0.25, 0.3) is 0 Å². The van der Waals surface area contributed by atoms with Crippen molar-refractivity contribution in [2.45, 2.75) is 77.5 Å². The number of Topliss-reactive ketones (excluding diaryl/α,β-unsaturated/α-hetero) is 1.